The van der Waals surface area contributed by atoms with Crippen molar-refractivity contribution in [1.82, 2.24) is 19.1 Å². The zero-order valence-electron chi connectivity index (χ0n) is 11.5. The maximum atomic E-state index is 11.9. The normalized spacial score (nSPS) is 10.4. The fourth-order valence-electron chi connectivity index (χ4n) is 2.07. The number of fused-ring (bicyclic) bond motifs is 1. The number of imidazole rings is 1. The van der Waals surface area contributed by atoms with E-state index in [4.69, 9.17) is 0 Å². The zero-order chi connectivity index (χ0) is 14.3. The molecule has 0 bridgehead atoms. The van der Waals surface area contributed by atoms with E-state index in [1.165, 1.54) is 4.57 Å². The molecule has 0 atom stereocenters. The van der Waals surface area contributed by atoms with Gasteiger partial charge in [-0.05, 0) is 12.1 Å². The molecule has 0 spiro atoms. The molecule has 1 aromatic carbocycles. The first-order valence-corrected chi connectivity index (χ1v) is 6.05. The molecule has 0 amide bonds. The number of nitrogens with one attached hydrogen (secondary N) is 2. The van der Waals surface area contributed by atoms with E-state index in [9.17, 15) is 9.59 Å². The predicted octanol–water partition coefficient (Wildman–Crippen LogP) is 1.13. The number of aromatic amines is 1. The third-order valence-corrected chi connectivity index (χ3v) is 3.16. The fourth-order valence-corrected chi connectivity index (χ4v) is 2.07. The number of hydrogen-bond donors (Lipinski definition) is 2. The Hall–Kier alpha value is -2.54. The molecular weight excluding hydrogens is 294 g/mol. The summed E-state index contributed by atoms with van der Waals surface area (Å²) in [5.74, 6) is 0.498. The van der Waals surface area contributed by atoms with Crippen molar-refractivity contribution < 1.29 is 0 Å². The lowest BCUT2D eigenvalue weighted by Crippen LogP contribution is -2.29. The molecular formula is C13H14ClN5O2. The first kappa shape index (κ1) is 14.9. The maximum Gasteiger partial charge on any atom is 0.329 e. The Bertz CT molecular complexity index is 895. The number of aryl methyl sites for hydroxylation is 2. The minimum absolute atomic E-state index is 0. The molecule has 0 fully saturated rings. The van der Waals surface area contributed by atoms with Gasteiger partial charge in [0.2, 0.25) is 5.95 Å². The lowest BCUT2D eigenvalue weighted by molar-refractivity contribution is 0.829. The Balaban J connectivity index is 0.00000161. The SMILES string of the molecule is Cl.Cn1c(Nc2ccccc2)nc2c1c(=O)[nH]c(=O)n2C. The molecule has 0 radical (unpaired) electrons. The van der Waals surface area contributed by atoms with Crippen molar-refractivity contribution in [2.45, 2.75) is 0 Å². The number of halogens is 1. The summed E-state index contributed by atoms with van der Waals surface area (Å²) in [6, 6.07) is 9.49. The topological polar surface area (TPSA) is 84.7 Å². The second kappa shape index (κ2) is 5.45. The van der Waals surface area contributed by atoms with Crippen LogP contribution in [-0.2, 0) is 14.1 Å². The Morgan fingerprint density at radius 3 is 2.43 bits per heavy atom. The molecule has 0 aliphatic rings. The van der Waals surface area contributed by atoms with Gasteiger partial charge in [-0.25, -0.2) is 4.79 Å². The molecule has 0 saturated heterocycles. The molecule has 21 heavy (non-hydrogen) atoms. The van der Waals surface area contributed by atoms with Gasteiger partial charge >= 0.3 is 5.69 Å². The van der Waals surface area contributed by atoms with Gasteiger partial charge in [0, 0.05) is 19.8 Å². The Labute approximate surface area is 125 Å². The van der Waals surface area contributed by atoms with E-state index in [-0.39, 0.29) is 12.4 Å². The molecule has 7 nitrogen and oxygen atoms in total. The number of para-hydroxylation sites is 1. The minimum atomic E-state index is -0.480. The highest BCUT2D eigenvalue weighted by atomic mass is 35.5. The summed E-state index contributed by atoms with van der Waals surface area (Å²) in [5, 5.41) is 3.12. The fraction of sp³-hybridized carbons (Fsp3) is 0.154. The van der Waals surface area contributed by atoms with Crippen molar-refractivity contribution in [3.63, 3.8) is 0 Å². The van der Waals surface area contributed by atoms with Gasteiger partial charge in [0.1, 0.15) is 0 Å². The van der Waals surface area contributed by atoms with Crippen LogP contribution in [0.5, 0.6) is 0 Å². The average Bonchev–Trinajstić information content (AvgIpc) is 2.75. The van der Waals surface area contributed by atoms with Gasteiger partial charge in [0.15, 0.2) is 11.2 Å². The van der Waals surface area contributed by atoms with Gasteiger partial charge in [-0.2, -0.15) is 4.98 Å². The molecule has 3 aromatic rings. The number of nitrogens with zero attached hydrogens (tertiary/aromatic N) is 3. The highest BCUT2D eigenvalue weighted by molar-refractivity contribution is 5.85. The zero-order valence-corrected chi connectivity index (χ0v) is 12.3. The Morgan fingerprint density at radius 1 is 1.10 bits per heavy atom. The van der Waals surface area contributed by atoms with E-state index in [0.29, 0.717) is 17.1 Å². The molecule has 0 unspecified atom stereocenters. The largest absolute Gasteiger partial charge is 0.329 e. The number of anilines is 2. The summed E-state index contributed by atoms with van der Waals surface area (Å²) in [6.07, 6.45) is 0. The molecule has 2 heterocycles. The van der Waals surface area contributed by atoms with Crippen LogP contribution in [0.1, 0.15) is 0 Å². The second-order valence-corrected chi connectivity index (χ2v) is 4.48. The van der Waals surface area contributed by atoms with Crippen LogP contribution in [0.4, 0.5) is 11.6 Å². The van der Waals surface area contributed by atoms with Gasteiger partial charge in [-0.1, -0.05) is 18.2 Å². The Kier molecular flexibility index (Phi) is 3.86. The summed E-state index contributed by atoms with van der Waals surface area (Å²) >= 11 is 0. The van der Waals surface area contributed by atoms with E-state index < -0.39 is 11.2 Å². The van der Waals surface area contributed by atoms with Gasteiger partial charge in [0.05, 0.1) is 0 Å². The number of H-pyrrole nitrogens is 1. The molecule has 0 aliphatic heterocycles. The van der Waals surface area contributed by atoms with Gasteiger partial charge < -0.3 is 9.88 Å². The summed E-state index contributed by atoms with van der Waals surface area (Å²) in [5.41, 5.74) is 0.628. The molecule has 8 heteroatoms. The first-order valence-electron chi connectivity index (χ1n) is 6.05. The van der Waals surface area contributed by atoms with Crippen LogP contribution in [0.15, 0.2) is 39.9 Å². The maximum absolute atomic E-state index is 11.9. The van der Waals surface area contributed by atoms with Crippen molar-refractivity contribution in [1.29, 1.82) is 0 Å². The van der Waals surface area contributed by atoms with E-state index >= 15 is 0 Å². The highest BCUT2D eigenvalue weighted by Gasteiger charge is 2.14. The van der Waals surface area contributed by atoms with Crippen LogP contribution >= 0.6 is 12.4 Å². The van der Waals surface area contributed by atoms with Gasteiger partial charge in [-0.15, -0.1) is 12.4 Å². The molecule has 2 N–H and O–H groups in total. The number of benzene rings is 1. The third kappa shape index (κ3) is 2.43. The highest BCUT2D eigenvalue weighted by Crippen LogP contribution is 2.17. The van der Waals surface area contributed by atoms with E-state index in [1.807, 2.05) is 30.3 Å². The summed E-state index contributed by atoms with van der Waals surface area (Å²) in [6.45, 7) is 0. The molecule has 2 aromatic heterocycles. The lowest BCUT2D eigenvalue weighted by Gasteiger charge is -2.04. The van der Waals surface area contributed by atoms with Crippen LogP contribution in [0, 0.1) is 0 Å². The molecule has 110 valence electrons. The van der Waals surface area contributed by atoms with Crippen LogP contribution in [0.2, 0.25) is 0 Å². The van der Waals surface area contributed by atoms with Crippen molar-refractivity contribution in [2.24, 2.45) is 14.1 Å². The Morgan fingerprint density at radius 2 is 1.76 bits per heavy atom. The van der Waals surface area contributed by atoms with E-state index in [1.54, 1.807) is 18.7 Å². The van der Waals surface area contributed by atoms with Crippen molar-refractivity contribution >= 4 is 35.2 Å². The minimum Gasteiger partial charge on any atom is -0.326 e. The van der Waals surface area contributed by atoms with E-state index in [2.05, 4.69) is 15.3 Å². The third-order valence-electron chi connectivity index (χ3n) is 3.16. The predicted molar refractivity (Wildman–Crippen MR) is 83.5 cm³/mol. The quantitative estimate of drug-likeness (QED) is 0.743. The summed E-state index contributed by atoms with van der Waals surface area (Å²) < 4.78 is 2.94. The standard InChI is InChI=1S/C13H13N5O2.ClH/c1-17-9-10(18(2)13(20)16-11(9)19)15-12(17)14-8-6-4-3-5-7-8;/h3-7H,1-2H3,(H,14,15)(H,16,19,20);1H. The van der Waals surface area contributed by atoms with Crippen LogP contribution in [-0.4, -0.2) is 19.1 Å². The first-order chi connectivity index (χ1) is 9.58. The van der Waals surface area contributed by atoms with Crippen LogP contribution in [0.3, 0.4) is 0 Å². The van der Waals surface area contributed by atoms with Gasteiger partial charge in [-0.3, -0.25) is 14.3 Å². The summed E-state index contributed by atoms with van der Waals surface area (Å²) in [7, 11) is 3.29. The smallest absolute Gasteiger partial charge is 0.326 e. The number of rotatable bonds is 2. The van der Waals surface area contributed by atoms with E-state index in [0.717, 1.165) is 5.69 Å². The van der Waals surface area contributed by atoms with Crippen LogP contribution < -0.4 is 16.6 Å². The monoisotopic (exact) mass is 307 g/mol. The van der Waals surface area contributed by atoms with Crippen molar-refractivity contribution in [3.8, 4) is 0 Å². The second-order valence-electron chi connectivity index (χ2n) is 4.48. The molecule has 0 aliphatic carbocycles. The summed E-state index contributed by atoms with van der Waals surface area (Å²) in [4.78, 5) is 30.0. The van der Waals surface area contributed by atoms with Crippen LogP contribution in [0.25, 0.3) is 11.2 Å². The average molecular weight is 308 g/mol. The molecule has 3 rings (SSSR count). The lowest BCUT2D eigenvalue weighted by atomic mass is 10.3. The number of hydrogen-bond acceptors (Lipinski definition) is 4. The van der Waals surface area contributed by atoms with Gasteiger partial charge in [0.25, 0.3) is 5.56 Å². The van der Waals surface area contributed by atoms with Crippen molar-refractivity contribution in [3.05, 3.63) is 51.2 Å². The molecule has 0 saturated carbocycles. The van der Waals surface area contributed by atoms with Crippen molar-refractivity contribution in [2.75, 3.05) is 5.32 Å². The number of aromatic nitrogens is 4.